The van der Waals surface area contributed by atoms with Gasteiger partial charge in [0.2, 0.25) is 9.84 Å². The summed E-state index contributed by atoms with van der Waals surface area (Å²) in [5.74, 6) is 0. The fourth-order valence-electron chi connectivity index (χ4n) is 1.59. The standard InChI is InChI=1S/C13H8N2O4S/c14-9-10-1-5-12(6-2-10)20(18,19)13-7-3-11(4-8-13)15(16)17/h1-8H. The Morgan fingerprint density at radius 3 is 1.80 bits per heavy atom. The van der Waals surface area contributed by atoms with Crippen LogP contribution in [0.3, 0.4) is 0 Å². The molecule has 0 atom stereocenters. The quantitative estimate of drug-likeness (QED) is 0.637. The first kappa shape index (κ1) is 13.7. The van der Waals surface area contributed by atoms with E-state index >= 15 is 0 Å². The first-order valence-corrected chi connectivity index (χ1v) is 6.93. The van der Waals surface area contributed by atoms with Gasteiger partial charge in [0.1, 0.15) is 0 Å². The second-order valence-electron chi connectivity index (χ2n) is 3.89. The largest absolute Gasteiger partial charge is 0.269 e. The summed E-state index contributed by atoms with van der Waals surface area (Å²) in [4.78, 5) is 9.93. The summed E-state index contributed by atoms with van der Waals surface area (Å²) in [6.45, 7) is 0. The van der Waals surface area contributed by atoms with Gasteiger partial charge in [0.25, 0.3) is 5.69 Å². The fraction of sp³-hybridized carbons (Fsp3) is 0. The molecule has 0 bridgehead atoms. The lowest BCUT2D eigenvalue weighted by molar-refractivity contribution is -0.384. The normalized spacial score (nSPS) is 10.8. The molecule has 0 aliphatic carbocycles. The Balaban J connectivity index is 2.43. The molecule has 0 saturated heterocycles. The Morgan fingerprint density at radius 1 is 0.950 bits per heavy atom. The molecule has 2 aromatic carbocycles. The van der Waals surface area contributed by atoms with Crippen LogP contribution in [0.15, 0.2) is 58.3 Å². The van der Waals surface area contributed by atoms with Gasteiger partial charge in [-0.05, 0) is 36.4 Å². The number of nitrogens with zero attached hydrogens (tertiary/aromatic N) is 2. The van der Waals surface area contributed by atoms with E-state index in [1.807, 2.05) is 6.07 Å². The summed E-state index contributed by atoms with van der Waals surface area (Å²) < 4.78 is 24.5. The van der Waals surface area contributed by atoms with Crippen molar-refractivity contribution in [1.29, 1.82) is 5.26 Å². The first-order chi connectivity index (χ1) is 9.45. The molecule has 0 amide bonds. The van der Waals surface area contributed by atoms with Crippen molar-refractivity contribution in [2.24, 2.45) is 0 Å². The summed E-state index contributed by atoms with van der Waals surface area (Å²) in [7, 11) is -3.74. The number of sulfone groups is 1. The van der Waals surface area contributed by atoms with Gasteiger partial charge in [0, 0.05) is 12.1 Å². The van der Waals surface area contributed by atoms with E-state index in [1.54, 1.807) is 0 Å². The Bertz CT molecular complexity index is 788. The number of hydrogen-bond acceptors (Lipinski definition) is 5. The monoisotopic (exact) mass is 288 g/mol. The average molecular weight is 288 g/mol. The molecule has 20 heavy (non-hydrogen) atoms. The van der Waals surface area contributed by atoms with E-state index in [0.29, 0.717) is 5.56 Å². The van der Waals surface area contributed by atoms with E-state index in [2.05, 4.69) is 0 Å². The maximum atomic E-state index is 12.3. The highest BCUT2D eigenvalue weighted by atomic mass is 32.2. The zero-order chi connectivity index (χ0) is 14.8. The van der Waals surface area contributed by atoms with Crippen LogP contribution < -0.4 is 0 Å². The minimum absolute atomic E-state index is 0.0327. The van der Waals surface area contributed by atoms with Crippen LogP contribution in [-0.4, -0.2) is 13.3 Å². The lowest BCUT2D eigenvalue weighted by atomic mass is 10.2. The molecule has 2 aromatic rings. The van der Waals surface area contributed by atoms with E-state index < -0.39 is 14.8 Å². The molecule has 0 heterocycles. The van der Waals surface area contributed by atoms with Crippen molar-refractivity contribution in [3.05, 3.63) is 64.2 Å². The maximum Gasteiger partial charge on any atom is 0.269 e. The van der Waals surface area contributed by atoms with E-state index in [4.69, 9.17) is 5.26 Å². The third-order valence-corrected chi connectivity index (χ3v) is 4.44. The lowest BCUT2D eigenvalue weighted by Crippen LogP contribution is -2.02. The van der Waals surface area contributed by atoms with Crippen molar-refractivity contribution >= 4 is 15.5 Å². The molecule has 0 N–H and O–H groups in total. The first-order valence-electron chi connectivity index (χ1n) is 5.45. The van der Waals surface area contributed by atoms with Crippen LogP contribution in [0.5, 0.6) is 0 Å². The third-order valence-electron chi connectivity index (χ3n) is 2.65. The van der Waals surface area contributed by atoms with E-state index in [0.717, 1.165) is 12.1 Å². The smallest absolute Gasteiger partial charge is 0.258 e. The predicted molar refractivity (Wildman–Crippen MR) is 69.7 cm³/mol. The Morgan fingerprint density at radius 2 is 1.40 bits per heavy atom. The van der Waals surface area contributed by atoms with Gasteiger partial charge in [0.15, 0.2) is 0 Å². The van der Waals surface area contributed by atoms with Crippen LogP contribution in [0.2, 0.25) is 0 Å². The van der Waals surface area contributed by atoms with Gasteiger partial charge in [-0.25, -0.2) is 8.42 Å². The van der Waals surface area contributed by atoms with Gasteiger partial charge in [-0.3, -0.25) is 10.1 Å². The number of benzene rings is 2. The number of nitro groups is 1. The van der Waals surface area contributed by atoms with Crippen LogP contribution in [0, 0.1) is 21.4 Å². The van der Waals surface area contributed by atoms with Crippen molar-refractivity contribution in [2.45, 2.75) is 9.79 Å². The minimum Gasteiger partial charge on any atom is -0.258 e. The molecule has 7 heteroatoms. The molecule has 0 fully saturated rings. The zero-order valence-corrected chi connectivity index (χ0v) is 10.9. The topological polar surface area (TPSA) is 101 Å². The molecule has 6 nitrogen and oxygen atoms in total. The fourth-order valence-corrected chi connectivity index (χ4v) is 2.85. The Kier molecular flexibility index (Phi) is 3.50. The highest BCUT2D eigenvalue weighted by Crippen LogP contribution is 2.23. The van der Waals surface area contributed by atoms with Crippen molar-refractivity contribution in [3.63, 3.8) is 0 Å². The molecule has 0 radical (unpaired) electrons. The van der Waals surface area contributed by atoms with Crippen LogP contribution in [0.1, 0.15) is 5.56 Å². The summed E-state index contributed by atoms with van der Waals surface area (Å²) in [6, 6.07) is 12.0. The molecule has 2 rings (SSSR count). The van der Waals surface area contributed by atoms with Crippen molar-refractivity contribution in [1.82, 2.24) is 0 Å². The van der Waals surface area contributed by atoms with E-state index in [-0.39, 0.29) is 15.5 Å². The Hall–Kier alpha value is -2.72. The molecule has 0 aliphatic rings. The molecule has 0 saturated carbocycles. The summed E-state index contributed by atoms with van der Waals surface area (Å²) in [5.41, 5.74) is 0.177. The van der Waals surface area contributed by atoms with E-state index in [1.165, 1.54) is 36.4 Å². The van der Waals surface area contributed by atoms with Gasteiger partial charge in [0.05, 0.1) is 26.3 Å². The van der Waals surface area contributed by atoms with E-state index in [9.17, 15) is 18.5 Å². The molecule has 0 aliphatic heterocycles. The molecule has 0 aromatic heterocycles. The van der Waals surface area contributed by atoms with Gasteiger partial charge in [-0.1, -0.05) is 0 Å². The van der Waals surface area contributed by atoms with Crippen LogP contribution in [-0.2, 0) is 9.84 Å². The third kappa shape index (κ3) is 2.50. The van der Waals surface area contributed by atoms with Gasteiger partial charge >= 0.3 is 0 Å². The van der Waals surface area contributed by atoms with Crippen LogP contribution in [0.25, 0.3) is 0 Å². The SMILES string of the molecule is N#Cc1ccc(S(=O)(=O)c2ccc([N+](=O)[O-])cc2)cc1. The lowest BCUT2D eigenvalue weighted by Gasteiger charge is -2.04. The van der Waals surface area contributed by atoms with Crippen molar-refractivity contribution in [3.8, 4) is 6.07 Å². The summed E-state index contributed by atoms with van der Waals surface area (Å²) in [6.07, 6.45) is 0. The van der Waals surface area contributed by atoms with Crippen LogP contribution in [0.4, 0.5) is 5.69 Å². The number of nitriles is 1. The van der Waals surface area contributed by atoms with Crippen molar-refractivity contribution < 1.29 is 13.3 Å². The molecule has 0 unspecified atom stereocenters. The summed E-state index contributed by atoms with van der Waals surface area (Å²) >= 11 is 0. The van der Waals surface area contributed by atoms with Gasteiger partial charge in [-0.15, -0.1) is 0 Å². The Labute approximate surface area is 115 Å². The second-order valence-corrected chi connectivity index (χ2v) is 5.84. The van der Waals surface area contributed by atoms with Gasteiger partial charge < -0.3 is 0 Å². The molecule has 100 valence electrons. The van der Waals surface area contributed by atoms with Crippen LogP contribution >= 0.6 is 0 Å². The zero-order valence-electron chi connectivity index (χ0n) is 10.1. The maximum absolute atomic E-state index is 12.3. The number of rotatable bonds is 3. The van der Waals surface area contributed by atoms with Crippen molar-refractivity contribution in [2.75, 3.05) is 0 Å². The number of non-ortho nitro benzene ring substituents is 1. The number of hydrogen-bond donors (Lipinski definition) is 0. The molecule has 0 spiro atoms. The highest BCUT2D eigenvalue weighted by molar-refractivity contribution is 7.91. The minimum atomic E-state index is -3.74. The molecular weight excluding hydrogens is 280 g/mol. The predicted octanol–water partition coefficient (Wildman–Crippen LogP) is 2.30. The highest BCUT2D eigenvalue weighted by Gasteiger charge is 2.18. The number of nitro benzene ring substituents is 1. The second kappa shape index (κ2) is 5.11. The van der Waals surface area contributed by atoms with Gasteiger partial charge in [-0.2, -0.15) is 5.26 Å². The molecular formula is C13H8N2O4S. The average Bonchev–Trinajstić information content (AvgIpc) is 2.47. The summed E-state index contributed by atoms with van der Waals surface area (Å²) in [5, 5.41) is 19.2.